The molecule has 1 fully saturated rings. The van der Waals surface area contributed by atoms with E-state index in [1.165, 1.54) is 5.56 Å². The molecule has 0 atom stereocenters. The van der Waals surface area contributed by atoms with Gasteiger partial charge in [-0.2, -0.15) is 0 Å². The third-order valence-electron chi connectivity index (χ3n) is 6.16. The van der Waals surface area contributed by atoms with Crippen LogP contribution < -0.4 is 9.64 Å². The van der Waals surface area contributed by atoms with Gasteiger partial charge in [0.25, 0.3) is 5.91 Å². The lowest BCUT2D eigenvalue weighted by Crippen LogP contribution is -2.43. The molecule has 0 radical (unpaired) electrons. The summed E-state index contributed by atoms with van der Waals surface area (Å²) in [4.78, 5) is 23.3. The predicted octanol–water partition coefficient (Wildman–Crippen LogP) is 5.14. The van der Waals surface area contributed by atoms with Crippen molar-refractivity contribution < 1.29 is 14.3 Å². The third kappa shape index (κ3) is 4.64. The van der Waals surface area contributed by atoms with Crippen LogP contribution in [0.25, 0.3) is 21.0 Å². The molecule has 1 saturated heterocycles. The average molecular weight is 476 g/mol. The van der Waals surface area contributed by atoms with Gasteiger partial charge in [-0.3, -0.25) is 14.6 Å². The lowest BCUT2D eigenvalue weighted by atomic mass is 10.0. The van der Waals surface area contributed by atoms with Gasteiger partial charge in [-0.25, -0.2) is 4.98 Å². The number of amides is 1. The molecule has 7 heteroatoms. The molecule has 4 aromatic rings. The van der Waals surface area contributed by atoms with Gasteiger partial charge in [0.15, 0.2) is 5.13 Å². The quantitative estimate of drug-likeness (QED) is 0.371. The Bertz CT molecular complexity index is 1310. The highest BCUT2D eigenvalue weighted by Gasteiger charge is 2.27. The van der Waals surface area contributed by atoms with Crippen molar-refractivity contribution in [1.82, 2.24) is 9.88 Å². The van der Waals surface area contributed by atoms with Crippen LogP contribution >= 0.6 is 11.3 Å². The number of rotatable bonds is 7. The number of aromatic nitrogens is 1. The predicted molar refractivity (Wildman–Crippen MR) is 138 cm³/mol. The van der Waals surface area contributed by atoms with E-state index < -0.39 is 0 Å². The molecule has 0 aliphatic carbocycles. The van der Waals surface area contributed by atoms with E-state index in [9.17, 15) is 4.79 Å². The minimum absolute atomic E-state index is 0.0794. The molecule has 0 unspecified atom stereocenters. The van der Waals surface area contributed by atoms with Crippen LogP contribution in [-0.2, 0) is 4.74 Å². The van der Waals surface area contributed by atoms with E-state index in [0.717, 1.165) is 53.8 Å². The van der Waals surface area contributed by atoms with Crippen molar-refractivity contribution in [3.63, 3.8) is 0 Å². The summed E-state index contributed by atoms with van der Waals surface area (Å²) >= 11 is 1.56. The monoisotopic (exact) mass is 475 g/mol. The van der Waals surface area contributed by atoms with Crippen LogP contribution in [0.5, 0.6) is 5.75 Å². The molecule has 34 heavy (non-hydrogen) atoms. The van der Waals surface area contributed by atoms with Gasteiger partial charge in [0.05, 0.1) is 35.6 Å². The Morgan fingerprint density at radius 1 is 1.15 bits per heavy atom. The highest BCUT2D eigenvalue weighted by Crippen LogP contribution is 2.34. The van der Waals surface area contributed by atoms with Gasteiger partial charge >= 0.3 is 0 Å². The number of anilines is 1. The summed E-state index contributed by atoms with van der Waals surface area (Å²) in [6, 6.07) is 18.1. The standard InChI is InChI=1S/C27H29N3O3S/c1-3-33-23-11-9-20-6-4-5-7-21(20)25(23)26(31)30(13-12-29-14-16-32-17-15-29)27-28-22-10-8-19(2)18-24(22)34-27/h4-11,18H,3,12-17H2,1-2H3. The van der Waals surface area contributed by atoms with Crippen molar-refractivity contribution in [3.8, 4) is 5.75 Å². The lowest BCUT2D eigenvalue weighted by molar-refractivity contribution is 0.0391. The Morgan fingerprint density at radius 3 is 2.79 bits per heavy atom. The van der Waals surface area contributed by atoms with E-state index in [0.29, 0.717) is 29.6 Å². The number of morpholine rings is 1. The summed E-state index contributed by atoms with van der Waals surface area (Å²) in [7, 11) is 0. The maximum atomic E-state index is 14.2. The number of ether oxygens (including phenoxy) is 2. The molecule has 1 aliphatic heterocycles. The maximum Gasteiger partial charge on any atom is 0.264 e. The highest BCUT2D eigenvalue weighted by molar-refractivity contribution is 7.22. The second kappa shape index (κ2) is 10.1. The van der Waals surface area contributed by atoms with Crippen LogP contribution in [-0.4, -0.2) is 61.8 Å². The van der Waals surface area contributed by atoms with E-state index in [4.69, 9.17) is 14.5 Å². The molecule has 1 amide bonds. The number of thiazole rings is 1. The lowest BCUT2D eigenvalue weighted by Gasteiger charge is -2.29. The molecule has 176 valence electrons. The second-order valence-corrected chi connectivity index (χ2v) is 9.48. The molecule has 0 spiro atoms. The Labute approximate surface area is 203 Å². The number of nitrogens with zero attached hydrogens (tertiary/aromatic N) is 3. The van der Waals surface area contributed by atoms with Gasteiger partial charge < -0.3 is 9.47 Å². The van der Waals surface area contributed by atoms with Crippen LogP contribution in [0.15, 0.2) is 54.6 Å². The molecule has 2 heterocycles. The molecule has 3 aromatic carbocycles. The van der Waals surface area contributed by atoms with Gasteiger partial charge in [-0.1, -0.05) is 47.7 Å². The first-order chi connectivity index (χ1) is 16.6. The molecule has 0 saturated carbocycles. The molecule has 0 bridgehead atoms. The van der Waals surface area contributed by atoms with Gasteiger partial charge in [0, 0.05) is 26.2 Å². The van der Waals surface area contributed by atoms with Crippen LogP contribution in [0.4, 0.5) is 5.13 Å². The van der Waals surface area contributed by atoms with E-state index in [-0.39, 0.29) is 5.91 Å². The third-order valence-corrected chi connectivity index (χ3v) is 7.20. The fourth-order valence-electron chi connectivity index (χ4n) is 4.37. The van der Waals surface area contributed by atoms with Gasteiger partial charge in [-0.15, -0.1) is 0 Å². The number of carbonyl (C=O) groups excluding carboxylic acids is 1. The van der Waals surface area contributed by atoms with E-state index in [2.05, 4.69) is 24.0 Å². The summed E-state index contributed by atoms with van der Waals surface area (Å²) in [5, 5.41) is 2.63. The van der Waals surface area contributed by atoms with E-state index in [1.807, 2.05) is 54.3 Å². The Kier molecular flexibility index (Phi) is 6.76. The van der Waals surface area contributed by atoms with Crippen molar-refractivity contribution >= 4 is 43.4 Å². The molecule has 1 aliphatic rings. The van der Waals surface area contributed by atoms with Gasteiger partial charge in [-0.05, 0) is 48.4 Å². The van der Waals surface area contributed by atoms with Crippen molar-refractivity contribution in [3.05, 3.63) is 65.7 Å². The summed E-state index contributed by atoms with van der Waals surface area (Å²) in [6.07, 6.45) is 0. The topological polar surface area (TPSA) is 54.9 Å². The van der Waals surface area contributed by atoms with Crippen molar-refractivity contribution in [2.45, 2.75) is 13.8 Å². The van der Waals surface area contributed by atoms with Crippen LogP contribution in [0.1, 0.15) is 22.8 Å². The number of carbonyl (C=O) groups is 1. The zero-order valence-electron chi connectivity index (χ0n) is 19.6. The number of hydrogen-bond donors (Lipinski definition) is 0. The minimum atomic E-state index is -0.0794. The number of benzene rings is 3. The molecular formula is C27H29N3O3S. The smallest absolute Gasteiger partial charge is 0.264 e. The van der Waals surface area contributed by atoms with E-state index in [1.54, 1.807) is 11.3 Å². The van der Waals surface area contributed by atoms with Crippen molar-refractivity contribution in [2.75, 3.05) is 50.9 Å². The summed E-state index contributed by atoms with van der Waals surface area (Å²) in [6.45, 7) is 9.02. The first-order valence-corrected chi connectivity index (χ1v) is 12.6. The Balaban J connectivity index is 1.57. The summed E-state index contributed by atoms with van der Waals surface area (Å²) in [5.41, 5.74) is 2.69. The molecular weight excluding hydrogens is 446 g/mol. The van der Waals surface area contributed by atoms with Crippen molar-refractivity contribution in [1.29, 1.82) is 0 Å². The zero-order valence-corrected chi connectivity index (χ0v) is 20.4. The van der Waals surface area contributed by atoms with Crippen LogP contribution in [0.3, 0.4) is 0 Å². The number of fused-ring (bicyclic) bond motifs is 2. The zero-order chi connectivity index (χ0) is 23.5. The summed E-state index contributed by atoms with van der Waals surface area (Å²) < 4.78 is 12.5. The van der Waals surface area contributed by atoms with Crippen molar-refractivity contribution in [2.24, 2.45) is 0 Å². The normalized spacial score (nSPS) is 14.5. The first-order valence-electron chi connectivity index (χ1n) is 11.8. The Morgan fingerprint density at radius 2 is 1.97 bits per heavy atom. The minimum Gasteiger partial charge on any atom is -0.493 e. The fourth-order valence-corrected chi connectivity index (χ4v) is 5.46. The van der Waals surface area contributed by atoms with Crippen LogP contribution in [0.2, 0.25) is 0 Å². The van der Waals surface area contributed by atoms with Gasteiger partial charge in [0.2, 0.25) is 0 Å². The largest absolute Gasteiger partial charge is 0.493 e. The number of aryl methyl sites for hydroxylation is 1. The SMILES string of the molecule is CCOc1ccc2ccccc2c1C(=O)N(CCN1CCOCC1)c1nc2ccc(C)cc2s1. The average Bonchev–Trinajstić information content (AvgIpc) is 3.27. The molecule has 6 nitrogen and oxygen atoms in total. The molecule has 5 rings (SSSR count). The van der Waals surface area contributed by atoms with Crippen LogP contribution in [0, 0.1) is 6.92 Å². The first kappa shape index (κ1) is 22.8. The molecule has 0 N–H and O–H groups in total. The fraction of sp³-hybridized carbons (Fsp3) is 0.333. The summed E-state index contributed by atoms with van der Waals surface area (Å²) in [5.74, 6) is 0.531. The highest BCUT2D eigenvalue weighted by atomic mass is 32.1. The second-order valence-electron chi connectivity index (χ2n) is 8.47. The van der Waals surface area contributed by atoms with E-state index >= 15 is 0 Å². The maximum absolute atomic E-state index is 14.2. The number of hydrogen-bond acceptors (Lipinski definition) is 6. The molecule has 1 aromatic heterocycles. The van der Waals surface area contributed by atoms with Gasteiger partial charge in [0.1, 0.15) is 5.75 Å². The Hall–Kier alpha value is -3.00.